The zero-order chi connectivity index (χ0) is 15.6. The SMILES string of the molecule is COc1ccc(C(C)(C)NS(=O)(=O)N(C)C)cc1OC. The highest BCUT2D eigenvalue weighted by atomic mass is 32.2. The number of nitrogens with one attached hydrogen (secondary N) is 1. The molecule has 1 rings (SSSR count). The molecular weight excluding hydrogens is 280 g/mol. The van der Waals surface area contributed by atoms with Crippen molar-refractivity contribution in [2.24, 2.45) is 0 Å². The summed E-state index contributed by atoms with van der Waals surface area (Å²) in [5.74, 6) is 1.16. The van der Waals surface area contributed by atoms with Gasteiger partial charge in [-0.15, -0.1) is 0 Å². The molecule has 114 valence electrons. The van der Waals surface area contributed by atoms with Crippen molar-refractivity contribution in [3.8, 4) is 11.5 Å². The molecule has 0 aliphatic carbocycles. The molecule has 0 aliphatic rings. The number of ether oxygens (including phenoxy) is 2. The van der Waals surface area contributed by atoms with Crippen molar-refractivity contribution in [2.75, 3.05) is 28.3 Å². The van der Waals surface area contributed by atoms with Gasteiger partial charge in [0.2, 0.25) is 0 Å². The number of hydrogen-bond acceptors (Lipinski definition) is 4. The number of rotatable bonds is 6. The van der Waals surface area contributed by atoms with E-state index >= 15 is 0 Å². The molecule has 0 fully saturated rings. The van der Waals surface area contributed by atoms with E-state index in [1.54, 1.807) is 46.3 Å². The Kier molecular flexibility index (Phi) is 5.01. The van der Waals surface area contributed by atoms with Crippen LogP contribution in [-0.2, 0) is 15.7 Å². The van der Waals surface area contributed by atoms with E-state index in [1.165, 1.54) is 14.1 Å². The summed E-state index contributed by atoms with van der Waals surface area (Å²) in [5.41, 5.74) is 0.00317. The Balaban J connectivity index is 3.16. The van der Waals surface area contributed by atoms with E-state index in [1.807, 2.05) is 0 Å². The van der Waals surface area contributed by atoms with Gasteiger partial charge in [0.05, 0.1) is 19.8 Å². The van der Waals surface area contributed by atoms with Gasteiger partial charge in [0.25, 0.3) is 10.2 Å². The predicted molar refractivity (Wildman–Crippen MR) is 78.3 cm³/mol. The highest BCUT2D eigenvalue weighted by Gasteiger charge is 2.28. The van der Waals surface area contributed by atoms with E-state index < -0.39 is 15.7 Å². The van der Waals surface area contributed by atoms with Gasteiger partial charge in [0, 0.05) is 14.1 Å². The molecule has 0 heterocycles. The van der Waals surface area contributed by atoms with Crippen LogP contribution in [0.25, 0.3) is 0 Å². The van der Waals surface area contributed by atoms with Crippen LogP contribution in [0, 0.1) is 0 Å². The molecule has 0 bridgehead atoms. The molecule has 1 N–H and O–H groups in total. The van der Waals surface area contributed by atoms with Crippen LogP contribution in [0.15, 0.2) is 18.2 Å². The van der Waals surface area contributed by atoms with E-state index in [0.717, 1.165) is 9.87 Å². The fourth-order valence-electron chi connectivity index (χ4n) is 1.70. The molecule has 0 aliphatic heterocycles. The smallest absolute Gasteiger partial charge is 0.279 e. The standard InChI is InChI=1S/C13H22N2O4S/c1-13(2,14-20(16,17)15(3)4)10-7-8-11(18-5)12(9-10)19-6/h7-9,14H,1-6H3. The van der Waals surface area contributed by atoms with Crippen LogP contribution in [0.2, 0.25) is 0 Å². The summed E-state index contributed by atoms with van der Waals surface area (Å²) in [6.45, 7) is 3.57. The Labute approximate surface area is 120 Å². The monoisotopic (exact) mass is 302 g/mol. The average molecular weight is 302 g/mol. The summed E-state index contributed by atoms with van der Waals surface area (Å²) in [7, 11) is 2.52. The highest BCUT2D eigenvalue weighted by molar-refractivity contribution is 7.87. The molecule has 0 amide bonds. The van der Waals surface area contributed by atoms with Gasteiger partial charge in [-0.3, -0.25) is 0 Å². The van der Waals surface area contributed by atoms with Crippen LogP contribution >= 0.6 is 0 Å². The van der Waals surface area contributed by atoms with Crippen molar-refractivity contribution in [2.45, 2.75) is 19.4 Å². The Morgan fingerprint density at radius 2 is 1.65 bits per heavy atom. The quantitative estimate of drug-likeness (QED) is 0.861. The van der Waals surface area contributed by atoms with Crippen LogP contribution in [0.4, 0.5) is 0 Å². The molecule has 6 nitrogen and oxygen atoms in total. The molecule has 0 saturated heterocycles. The van der Waals surface area contributed by atoms with Crippen LogP contribution < -0.4 is 14.2 Å². The molecule has 0 saturated carbocycles. The average Bonchev–Trinajstić information content (AvgIpc) is 2.36. The second-order valence-corrected chi connectivity index (χ2v) is 6.97. The number of benzene rings is 1. The van der Waals surface area contributed by atoms with Crippen molar-refractivity contribution in [1.82, 2.24) is 9.03 Å². The first-order valence-electron chi connectivity index (χ1n) is 6.08. The minimum atomic E-state index is -3.53. The minimum Gasteiger partial charge on any atom is -0.493 e. The van der Waals surface area contributed by atoms with E-state index in [9.17, 15) is 8.42 Å². The van der Waals surface area contributed by atoms with Gasteiger partial charge in [-0.25, -0.2) is 0 Å². The highest BCUT2D eigenvalue weighted by Crippen LogP contribution is 2.32. The summed E-state index contributed by atoms with van der Waals surface area (Å²) in [6.07, 6.45) is 0. The maximum Gasteiger partial charge on any atom is 0.279 e. The normalized spacial score (nSPS) is 12.6. The summed E-state index contributed by atoms with van der Waals surface area (Å²) in [4.78, 5) is 0. The van der Waals surface area contributed by atoms with Crippen LogP contribution in [0.1, 0.15) is 19.4 Å². The minimum absolute atomic E-state index is 0.558. The van der Waals surface area contributed by atoms with Gasteiger partial charge in [0.1, 0.15) is 0 Å². The first kappa shape index (κ1) is 16.7. The van der Waals surface area contributed by atoms with E-state index in [2.05, 4.69) is 4.72 Å². The Morgan fingerprint density at radius 1 is 1.10 bits per heavy atom. The van der Waals surface area contributed by atoms with Gasteiger partial charge < -0.3 is 9.47 Å². The van der Waals surface area contributed by atoms with Crippen molar-refractivity contribution < 1.29 is 17.9 Å². The lowest BCUT2D eigenvalue weighted by atomic mass is 9.95. The van der Waals surface area contributed by atoms with Crippen LogP contribution in [0.3, 0.4) is 0 Å². The molecule has 7 heteroatoms. The molecule has 1 aromatic carbocycles. The van der Waals surface area contributed by atoms with E-state index in [-0.39, 0.29) is 0 Å². The fourth-order valence-corrected chi connectivity index (χ4v) is 2.64. The van der Waals surface area contributed by atoms with Gasteiger partial charge >= 0.3 is 0 Å². The van der Waals surface area contributed by atoms with Crippen LogP contribution in [-0.4, -0.2) is 41.0 Å². The molecule has 1 aromatic rings. The third-order valence-electron chi connectivity index (χ3n) is 2.97. The Morgan fingerprint density at radius 3 is 2.10 bits per heavy atom. The lowest BCUT2D eigenvalue weighted by Gasteiger charge is -2.28. The maximum atomic E-state index is 12.0. The van der Waals surface area contributed by atoms with Crippen molar-refractivity contribution in [3.05, 3.63) is 23.8 Å². The van der Waals surface area contributed by atoms with Crippen molar-refractivity contribution in [1.29, 1.82) is 0 Å². The third-order valence-corrected chi connectivity index (χ3v) is 4.70. The van der Waals surface area contributed by atoms with Gasteiger partial charge in [-0.1, -0.05) is 6.07 Å². The summed E-state index contributed by atoms with van der Waals surface area (Å²) in [6, 6.07) is 5.32. The summed E-state index contributed by atoms with van der Waals surface area (Å²) >= 11 is 0. The Hall–Kier alpha value is -1.31. The van der Waals surface area contributed by atoms with Gasteiger partial charge in [0.15, 0.2) is 11.5 Å². The second-order valence-electron chi connectivity index (χ2n) is 5.08. The van der Waals surface area contributed by atoms with E-state index in [0.29, 0.717) is 11.5 Å². The lowest BCUT2D eigenvalue weighted by molar-refractivity contribution is 0.352. The molecule has 0 aromatic heterocycles. The zero-order valence-electron chi connectivity index (χ0n) is 12.7. The molecule has 0 atom stereocenters. The van der Waals surface area contributed by atoms with Gasteiger partial charge in [-0.2, -0.15) is 17.4 Å². The van der Waals surface area contributed by atoms with Crippen molar-refractivity contribution in [3.63, 3.8) is 0 Å². The third kappa shape index (κ3) is 3.62. The maximum absolute atomic E-state index is 12.0. The van der Waals surface area contributed by atoms with Crippen molar-refractivity contribution >= 4 is 10.2 Å². The lowest BCUT2D eigenvalue weighted by Crippen LogP contribution is -2.46. The fraction of sp³-hybridized carbons (Fsp3) is 0.538. The molecule has 20 heavy (non-hydrogen) atoms. The molecule has 0 spiro atoms. The first-order valence-corrected chi connectivity index (χ1v) is 7.52. The zero-order valence-corrected chi connectivity index (χ0v) is 13.5. The number of nitrogens with zero attached hydrogens (tertiary/aromatic N) is 1. The summed E-state index contributed by atoms with van der Waals surface area (Å²) < 4.78 is 38.1. The largest absolute Gasteiger partial charge is 0.493 e. The second kappa shape index (κ2) is 5.99. The first-order chi connectivity index (χ1) is 9.14. The van der Waals surface area contributed by atoms with Crippen LogP contribution in [0.5, 0.6) is 11.5 Å². The number of hydrogen-bond donors (Lipinski definition) is 1. The molecule has 0 radical (unpaired) electrons. The summed E-state index contributed by atoms with van der Waals surface area (Å²) in [5, 5.41) is 0. The molecular formula is C13H22N2O4S. The molecule has 0 unspecified atom stereocenters. The number of methoxy groups -OCH3 is 2. The van der Waals surface area contributed by atoms with Gasteiger partial charge in [-0.05, 0) is 31.5 Å². The van der Waals surface area contributed by atoms with E-state index in [4.69, 9.17) is 9.47 Å². The topological polar surface area (TPSA) is 67.9 Å². The Bertz CT molecular complexity index is 568. The predicted octanol–water partition coefficient (Wildman–Crippen LogP) is 1.33.